The Morgan fingerprint density at radius 2 is 1.94 bits per heavy atom. The zero-order chi connectivity index (χ0) is 13.1. The van der Waals surface area contributed by atoms with E-state index in [1.807, 2.05) is 7.05 Å². The van der Waals surface area contributed by atoms with Gasteiger partial charge in [0.25, 0.3) is 5.91 Å². The first kappa shape index (κ1) is 12.7. The van der Waals surface area contributed by atoms with Crippen molar-refractivity contribution in [2.75, 3.05) is 40.3 Å². The molecule has 5 heteroatoms. The fourth-order valence-electron chi connectivity index (χ4n) is 2.00. The van der Waals surface area contributed by atoms with Crippen LogP contribution >= 0.6 is 0 Å². The smallest absolute Gasteiger partial charge is 0.257 e. The predicted molar refractivity (Wildman–Crippen MR) is 68.1 cm³/mol. The first-order chi connectivity index (χ1) is 8.61. The molecule has 0 radical (unpaired) electrons. The van der Waals surface area contributed by atoms with E-state index in [4.69, 9.17) is 4.74 Å². The van der Waals surface area contributed by atoms with Crippen LogP contribution < -0.4 is 4.74 Å². The Kier molecular flexibility index (Phi) is 3.72. The molecule has 0 atom stereocenters. The number of phenolic OH excluding ortho intramolecular Hbond substituents is 1. The Balaban J connectivity index is 2.13. The molecule has 1 saturated heterocycles. The summed E-state index contributed by atoms with van der Waals surface area (Å²) in [4.78, 5) is 16.2. The summed E-state index contributed by atoms with van der Waals surface area (Å²) in [5.74, 6) is 0.393. The number of hydrogen-bond donors (Lipinski definition) is 1. The normalized spacial score (nSPS) is 16.7. The van der Waals surface area contributed by atoms with Crippen molar-refractivity contribution < 1.29 is 14.6 Å². The van der Waals surface area contributed by atoms with Crippen molar-refractivity contribution in [3.05, 3.63) is 23.8 Å². The molecule has 1 aromatic rings. The molecule has 1 N–H and O–H groups in total. The van der Waals surface area contributed by atoms with E-state index in [0.717, 1.165) is 13.1 Å². The number of carbonyl (C=O) groups is 1. The molecule has 0 unspecified atom stereocenters. The number of nitrogens with zero attached hydrogens (tertiary/aromatic N) is 2. The predicted octanol–water partition coefficient (Wildman–Crippen LogP) is 0.788. The van der Waals surface area contributed by atoms with E-state index in [1.54, 1.807) is 17.0 Å². The molecule has 5 nitrogen and oxygen atoms in total. The van der Waals surface area contributed by atoms with Crippen LogP contribution in [0.15, 0.2) is 18.2 Å². The van der Waals surface area contributed by atoms with Crippen LogP contribution in [0.3, 0.4) is 0 Å². The van der Waals surface area contributed by atoms with Crippen molar-refractivity contribution in [1.29, 1.82) is 0 Å². The molecular formula is C13H18N2O3. The molecule has 1 heterocycles. The number of rotatable bonds is 2. The molecule has 0 aromatic heterocycles. The summed E-state index contributed by atoms with van der Waals surface area (Å²) in [5.41, 5.74) is 0.334. The standard InChI is InChI=1S/C13H18N2O3/c1-14-5-7-15(8-6-14)13(17)11-4-3-10(18-2)9-12(11)16/h3-4,9,16H,5-8H2,1-2H3. The van der Waals surface area contributed by atoms with Gasteiger partial charge in [-0.3, -0.25) is 4.79 Å². The lowest BCUT2D eigenvalue weighted by atomic mass is 10.1. The van der Waals surface area contributed by atoms with Crippen LogP contribution in [0.1, 0.15) is 10.4 Å². The molecule has 0 aliphatic carbocycles. The summed E-state index contributed by atoms with van der Waals surface area (Å²) in [6.45, 7) is 3.12. The number of ether oxygens (including phenoxy) is 1. The fourth-order valence-corrected chi connectivity index (χ4v) is 2.00. The molecule has 1 aliphatic heterocycles. The van der Waals surface area contributed by atoms with E-state index in [0.29, 0.717) is 24.4 Å². The van der Waals surface area contributed by atoms with Crippen molar-refractivity contribution in [1.82, 2.24) is 9.80 Å². The number of methoxy groups -OCH3 is 1. The number of phenols is 1. The van der Waals surface area contributed by atoms with Gasteiger partial charge in [0.1, 0.15) is 11.5 Å². The molecule has 0 bridgehead atoms. The Morgan fingerprint density at radius 3 is 2.50 bits per heavy atom. The van der Waals surface area contributed by atoms with Gasteiger partial charge in [0.2, 0.25) is 0 Å². The lowest BCUT2D eigenvalue weighted by molar-refractivity contribution is 0.0661. The molecule has 0 spiro atoms. The largest absolute Gasteiger partial charge is 0.507 e. The first-order valence-corrected chi connectivity index (χ1v) is 5.96. The molecular weight excluding hydrogens is 232 g/mol. The minimum absolute atomic E-state index is 0.0294. The van der Waals surface area contributed by atoms with Gasteiger partial charge in [-0.25, -0.2) is 0 Å². The Bertz CT molecular complexity index is 440. The summed E-state index contributed by atoms with van der Waals surface area (Å²) in [5, 5.41) is 9.84. The quantitative estimate of drug-likeness (QED) is 0.843. The van der Waals surface area contributed by atoms with E-state index in [2.05, 4.69) is 4.90 Å². The van der Waals surface area contributed by atoms with Gasteiger partial charge in [-0.2, -0.15) is 0 Å². The highest BCUT2D eigenvalue weighted by Gasteiger charge is 2.22. The maximum Gasteiger partial charge on any atom is 0.257 e. The van der Waals surface area contributed by atoms with E-state index in [-0.39, 0.29) is 11.7 Å². The van der Waals surface area contributed by atoms with Crippen LogP contribution in [0.5, 0.6) is 11.5 Å². The lowest BCUT2D eigenvalue weighted by Crippen LogP contribution is -2.47. The summed E-state index contributed by atoms with van der Waals surface area (Å²) in [6, 6.07) is 4.75. The van der Waals surface area contributed by atoms with E-state index < -0.39 is 0 Å². The topological polar surface area (TPSA) is 53.0 Å². The molecule has 0 saturated carbocycles. The van der Waals surface area contributed by atoms with Crippen LogP contribution in [0, 0.1) is 0 Å². The monoisotopic (exact) mass is 250 g/mol. The van der Waals surface area contributed by atoms with Gasteiger partial charge in [0.15, 0.2) is 0 Å². The van der Waals surface area contributed by atoms with Crippen LogP contribution in [0.4, 0.5) is 0 Å². The Hall–Kier alpha value is -1.75. The molecule has 1 amide bonds. The minimum atomic E-state index is -0.122. The minimum Gasteiger partial charge on any atom is -0.507 e. The number of carbonyl (C=O) groups excluding carboxylic acids is 1. The third-order valence-corrected chi connectivity index (χ3v) is 3.23. The summed E-state index contributed by atoms with van der Waals surface area (Å²) >= 11 is 0. The summed E-state index contributed by atoms with van der Waals surface area (Å²) in [6.07, 6.45) is 0. The average Bonchev–Trinajstić information content (AvgIpc) is 2.38. The maximum atomic E-state index is 12.2. The van der Waals surface area contributed by atoms with Crippen molar-refractivity contribution in [2.24, 2.45) is 0 Å². The first-order valence-electron chi connectivity index (χ1n) is 5.96. The third-order valence-electron chi connectivity index (χ3n) is 3.23. The fraction of sp³-hybridized carbons (Fsp3) is 0.462. The molecule has 18 heavy (non-hydrogen) atoms. The van der Waals surface area contributed by atoms with Crippen molar-refractivity contribution >= 4 is 5.91 Å². The molecule has 2 rings (SSSR count). The van der Waals surface area contributed by atoms with Gasteiger partial charge in [-0.05, 0) is 19.2 Å². The van der Waals surface area contributed by atoms with Crippen molar-refractivity contribution in [3.63, 3.8) is 0 Å². The van der Waals surface area contributed by atoms with Gasteiger partial charge in [0.05, 0.1) is 12.7 Å². The summed E-state index contributed by atoms with van der Waals surface area (Å²) in [7, 11) is 3.56. The van der Waals surface area contributed by atoms with Crippen LogP contribution in [-0.2, 0) is 0 Å². The zero-order valence-corrected chi connectivity index (χ0v) is 10.7. The molecule has 1 aliphatic rings. The SMILES string of the molecule is COc1ccc(C(=O)N2CCN(C)CC2)c(O)c1. The number of aromatic hydroxyl groups is 1. The van der Waals surface area contributed by atoms with Gasteiger partial charge in [0, 0.05) is 32.2 Å². The van der Waals surface area contributed by atoms with E-state index >= 15 is 0 Å². The maximum absolute atomic E-state index is 12.2. The Morgan fingerprint density at radius 1 is 1.28 bits per heavy atom. The van der Waals surface area contributed by atoms with Crippen LogP contribution in [0.2, 0.25) is 0 Å². The van der Waals surface area contributed by atoms with Gasteiger partial charge in [-0.15, -0.1) is 0 Å². The van der Waals surface area contributed by atoms with E-state index in [9.17, 15) is 9.90 Å². The van der Waals surface area contributed by atoms with Gasteiger partial charge < -0.3 is 19.6 Å². The van der Waals surface area contributed by atoms with E-state index in [1.165, 1.54) is 13.2 Å². The Labute approximate surface area is 107 Å². The van der Waals surface area contributed by atoms with Crippen molar-refractivity contribution in [2.45, 2.75) is 0 Å². The van der Waals surface area contributed by atoms with Crippen LogP contribution in [-0.4, -0.2) is 61.2 Å². The highest BCUT2D eigenvalue weighted by molar-refractivity contribution is 5.97. The second kappa shape index (κ2) is 5.27. The number of likely N-dealkylation sites (N-methyl/N-ethyl adjacent to an activating group) is 1. The van der Waals surface area contributed by atoms with Crippen molar-refractivity contribution in [3.8, 4) is 11.5 Å². The second-order valence-corrected chi connectivity index (χ2v) is 4.48. The second-order valence-electron chi connectivity index (χ2n) is 4.48. The lowest BCUT2D eigenvalue weighted by Gasteiger charge is -2.32. The van der Waals surface area contributed by atoms with Gasteiger partial charge >= 0.3 is 0 Å². The highest BCUT2D eigenvalue weighted by atomic mass is 16.5. The molecule has 1 fully saturated rings. The number of benzene rings is 1. The number of hydrogen-bond acceptors (Lipinski definition) is 4. The zero-order valence-electron chi connectivity index (χ0n) is 10.7. The van der Waals surface area contributed by atoms with Crippen LogP contribution in [0.25, 0.3) is 0 Å². The molecule has 98 valence electrons. The number of piperazine rings is 1. The van der Waals surface area contributed by atoms with Gasteiger partial charge in [-0.1, -0.05) is 0 Å². The third kappa shape index (κ3) is 2.56. The number of amides is 1. The summed E-state index contributed by atoms with van der Waals surface area (Å²) < 4.78 is 5.00. The average molecular weight is 250 g/mol. The highest BCUT2D eigenvalue weighted by Crippen LogP contribution is 2.24. The molecule has 1 aromatic carbocycles.